The second kappa shape index (κ2) is 15.2. The third-order valence-corrected chi connectivity index (χ3v) is 7.32. The average molecular weight is 647 g/mol. The van der Waals surface area contributed by atoms with Crippen molar-refractivity contribution >= 4 is 17.6 Å². The molecule has 0 saturated heterocycles. The fraction of sp³-hybridized carbons (Fsp3) is 0.237. The van der Waals surface area contributed by atoms with E-state index >= 15 is 0 Å². The molecular weight excluding hydrogens is 608 g/mol. The molecule has 48 heavy (non-hydrogen) atoms. The van der Waals surface area contributed by atoms with Crippen molar-refractivity contribution in [1.29, 1.82) is 0 Å². The lowest BCUT2D eigenvalue weighted by atomic mass is 9.91. The molecule has 0 aliphatic carbocycles. The number of benzene rings is 3. The highest BCUT2D eigenvalue weighted by Gasteiger charge is 2.25. The Labute approximate surface area is 280 Å². The number of para-hydroxylation sites is 1. The number of pyridine rings is 1. The van der Waals surface area contributed by atoms with Crippen molar-refractivity contribution in [3.8, 4) is 28.8 Å². The SMILES string of the molecule is COC(=O)c1ccc(C(CC(=O)OC(C)(C)C)c2ccnc(Oc3ccccc3-c3cc(NCc4ccc(OC)cc4)ccn3)n2)cc1. The zero-order chi connectivity index (χ0) is 34.1. The molecule has 1 atom stereocenters. The quantitative estimate of drug-likeness (QED) is 0.136. The number of rotatable bonds is 12. The van der Waals surface area contributed by atoms with Gasteiger partial charge in [0.1, 0.15) is 17.1 Å². The van der Waals surface area contributed by atoms with E-state index in [1.807, 2.05) is 81.4 Å². The number of esters is 2. The Morgan fingerprint density at radius 1 is 0.854 bits per heavy atom. The van der Waals surface area contributed by atoms with Crippen LogP contribution in [0.2, 0.25) is 0 Å². The van der Waals surface area contributed by atoms with Gasteiger partial charge in [-0.1, -0.05) is 36.4 Å². The number of carbonyl (C=O) groups excluding carboxylic acids is 2. The smallest absolute Gasteiger partial charge is 0.337 e. The van der Waals surface area contributed by atoms with Gasteiger partial charge in [-0.3, -0.25) is 9.78 Å². The van der Waals surface area contributed by atoms with Gasteiger partial charge in [-0.2, -0.15) is 4.98 Å². The molecule has 1 N–H and O–H groups in total. The van der Waals surface area contributed by atoms with Crippen molar-refractivity contribution in [2.45, 2.75) is 45.3 Å². The molecule has 0 fully saturated rings. The first kappa shape index (κ1) is 33.6. The molecule has 2 aromatic heterocycles. The van der Waals surface area contributed by atoms with Crippen LogP contribution < -0.4 is 14.8 Å². The third kappa shape index (κ3) is 8.94. The Morgan fingerprint density at radius 2 is 1.58 bits per heavy atom. The van der Waals surface area contributed by atoms with E-state index in [9.17, 15) is 9.59 Å². The van der Waals surface area contributed by atoms with Crippen LogP contribution in [0, 0.1) is 0 Å². The lowest BCUT2D eigenvalue weighted by molar-refractivity contribution is -0.155. The molecule has 10 heteroatoms. The molecule has 5 aromatic rings. The average Bonchev–Trinajstić information content (AvgIpc) is 3.09. The van der Waals surface area contributed by atoms with E-state index in [0.717, 1.165) is 28.1 Å². The Hall–Kier alpha value is -5.77. The lowest BCUT2D eigenvalue weighted by Crippen LogP contribution is -2.25. The molecule has 0 amide bonds. The van der Waals surface area contributed by atoms with Gasteiger partial charge in [-0.15, -0.1) is 0 Å². The Kier molecular flexibility index (Phi) is 10.6. The van der Waals surface area contributed by atoms with Gasteiger partial charge in [0.15, 0.2) is 0 Å². The second-order valence-corrected chi connectivity index (χ2v) is 12.0. The van der Waals surface area contributed by atoms with Crippen LogP contribution in [0.25, 0.3) is 11.3 Å². The summed E-state index contributed by atoms with van der Waals surface area (Å²) in [7, 11) is 2.98. The van der Waals surface area contributed by atoms with Gasteiger partial charge in [0.05, 0.1) is 37.6 Å². The molecule has 2 heterocycles. The highest BCUT2D eigenvalue weighted by Crippen LogP contribution is 2.34. The van der Waals surface area contributed by atoms with Gasteiger partial charge in [-0.05, 0) is 86.5 Å². The topological polar surface area (TPSA) is 122 Å². The monoisotopic (exact) mass is 646 g/mol. The van der Waals surface area contributed by atoms with Crippen molar-refractivity contribution in [1.82, 2.24) is 15.0 Å². The van der Waals surface area contributed by atoms with E-state index in [1.165, 1.54) is 7.11 Å². The number of hydrogen-bond acceptors (Lipinski definition) is 10. The maximum atomic E-state index is 13.0. The lowest BCUT2D eigenvalue weighted by Gasteiger charge is -2.22. The Morgan fingerprint density at radius 3 is 2.29 bits per heavy atom. The second-order valence-electron chi connectivity index (χ2n) is 12.0. The maximum Gasteiger partial charge on any atom is 0.337 e. The summed E-state index contributed by atoms with van der Waals surface area (Å²) >= 11 is 0. The fourth-order valence-corrected chi connectivity index (χ4v) is 5.01. The van der Waals surface area contributed by atoms with Crippen molar-refractivity contribution in [2.75, 3.05) is 19.5 Å². The summed E-state index contributed by atoms with van der Waals surface area (Å²) in [5.41, 5.74) is 4.52. The minimum Gasteiger partial charge on any atom is -0.497 e. The van der Waals surface area contributed by atoms with E-state index in [4.69, 9.17) is 23.9 Å². The van der Waals surface area contributed by atoms with Gasteiger partial charge in [0.25, 0.3) is 0 Å². The van der Waals surface area contributed by atoms with E-state index < -0.39 is 17.5 Å². The predicted molar refractivity (Wildman–Crippen MR) is 182 cm³/mol. The predicted octanol–water partition coefficient (Wildman–Crippen LogP) is 7.60. The molecule has 0 aliphatic heterocycles. The molecule has 0 saturated carbocycles. The summed E-state index contributed by atoms with van der Waals surface area (Å²) in [5, 5.41) is 3.45. The molecule has 0 aliphatic rings. The molecule has 0 radical (unpaired) electrons. The summed E-state index contributed by atoms with van der Waals surface area (Å²) < 4.78 is 22.0. The van der Waals surface area contributed by atoms with Crippen LogP contribution in [0.4, 0.5) is 5.69 Å². The van der Waals surface area contributed by atoms with Gasteiger partial charge < -0.3 is 24.3 Å². The van der Waals surface area contributed by atoms with Crippen molar-refractivity contribution < 1.29 is 28.5 Å². The molecule has 1 unspecified atom stereocenters. The van der Waals surface area contributed by atoms with Crippen LogP contribution >= 0.6 is 0 Å². The minimum absolute atomic E-state index is 0.0160. The van der Waals surface area contributed by atoms with E-state index in [0.29, 0.717) is 29.2 Å². The molecular formula is C38H38N4O6. The largest absolute Gasteiger partial charge is 0.497 e. The van der Waals surface area contributed by atoms with Crippen LogP contribution in [0.1, 0.15) is 60.3 Å². The van der Waals surface area contributed by atoms with Crippen LogP contribution in [0.5, 0.6) is 17.5 Å². The van der Waals surface area contributed by atoms with Gasteiger partial charge in [-0.25, -0.2) is 9.78 Å². The van der Waals surface area contributed by atoms with Crippen LogP contribution in [-0.2, 0) is 20.8 Å². The zero-order valence-electron chi connectivity index (χ0n) is 27.6. The standard InChI is InChI=1S/C38H38N4O6/c1-38(2,3)48-35(43)23-31(26-12-14-27(15-13-26)36(44)46-5)32-19-21-40-37(42-32)47-34-9-7-6-8-30(34)33-22-28(18-20-39-33)41-24-25-10-16-29(45-4)17-11-25/h6-22,31H,23-24H2,1-5H3,(H,39,41). The number of nitrogens with one attached hydrogen (secondary N) is 1. The Balaban J connectivity index is 1.39. The maximum absolute atomic E-state index is 13.0. The normalized spacial score (nSPS) is 11.7. The third-order valence-electron chi connectivity index (χ3n) is 7.32. The number of aromatic nitrogens is 3. The van der Waals surface area contributed by atoms with Crippen LogP contribution in [-0.4, -0.2) is 46.7 Å². The first-order chi connectivity index (χ1) is 23.1. The number of methoxy groups -OCH3 is 2. The fourth-order valence-electron chi connectivity index (χ4n) is 5.01. The van der Waals surface area contributed by atoms with Crippen molar-refractivity contribution in [2.24, 2.45) is 0 Å². The molecule has 246 valence electrons. The van der Waals surface area contributed by atoms with Crippen molar-refractivity contribution in [3.05, 3.63) is 126 Å². The first-order valence-electron chi connectivity index (χ1n) is 15.4. The Bertz CT molecular complexity index is 1850. The summed E-state index contributed by atoms with van der Waals surface area (Å²) in [5.74, 6) is -0.0102. The van der Waals surface area contributed by atoms with E-state index in [2.05, 4.69) is 15.3 Å². The molecule has 3 aromatic carbocycles. The minimum atomic E-state index is -0.656. The van der Waals surface area contributed by atoms with Gasteiger partial charge in [0, 0.05) is 36.1 Å². The van der Waals surface area contributed by atoms with Crippen LogP contribution in [0.3, 0.4) is 0 Å². The molecule has 10 nitrogen and oxygen atoms in total. The van der Waals surface area contributed by atoms with E-state index in [1.54, 1.807) is 49.8 Å². The van der Waals surface area contributed by atoms with Crippen molar-refractivity contribution in [3.63, 3.8) is 0 Å². The van der Waals surface area contributed by atoms with Gasteiger partial charge >= 0.3 is 17.9 Å². The summed E-state index contributed by atoms with van der Waals surface area (Å²) in [6.07, 6.45) is 3.35. The first-order valence-corrected chi connectivity index (χ1v) is 15.4. The number of hydrogen-bond donors (Lipinski definition) is 1. The summed E-state index contributed by atoms with van der Waals surface area (Å²) in [6.45, 7) is 6.09. The summed E-state index contributed by atoms with van der Waals surface area (Å²) in [4.78, 5) is 38.7. The summed E-state index contributed by atoms with van der Waals surface area (Å²) in [6, 6.07) is 28.0. The number of carbonyl (C=O) groups is 2. The molecule has 0 spiro atoms. The number of nitrogens with zero attached hydrogens (tertiary/aromatic N) is 3. The molecule has 0 bridgehead atoms. The number of ether oxygens (including phenoxy) is 4. The zero-order valence-corrected chi connectivity index (χ0v) is 27.6. The van der Waals surface area contributed by atoms with Gasteiger partial charge in [0.2, 0.25) is 0 Å². The number of anilines is 1. The van der Waals surface area contributed by atoms with Crippen LogP contribution in [0.15, 0.2) is 103 Å². The van der Waals surface area contributed by atoms with E-state index in [-0.39, 0.29) is 18.4 Å². The highest BCUT2D eigenvalue weighted by molar-refractivity contribution is 5.89. The molecule has 5 rings (SSSR count). The highest BCUT2D eigenvalue weighted by atomic mass is 16.6.